The van der Waals surface area contributed by atoms with Gasteiger partial charge in [-0.15, -0.1) is 0 Å². The molecule has 12 heteroatoms. The van der Waals surface area contributed by atoms with Crippen molar-refractivity contribution in [3.63, 3.8) is 0 Å². The summed E-state index contributed by atoms with van der Waals surface area (Å²) in [6.45, 7) is 7.83. The van der Waals surface area contributed by atoms with Crippen LogP contribution in [0.15, 0.2) is 16.9 Å². The Kier molecular flexibility index (Phi) is 6.43. The van der Waals surface area contributed by atoms with E-state index in [1.807, 2.05) is 0 Å². The largest absolute Gasteiger partial charge is 0.458 e. The van der Waals surface area contributed by atoms with Gasteiger partial charge in [-0.2, -0.15) is 13.2 Å². The predicted octanol–water partition coefficient (Wildman–Crippen LogP) is 5.25. The molecule has 3 aliphatic rings. The zero-order chi connectivity index (χ0) is 32.3. The number of aliphatic hydroxyl groups is 1. The molecule has 0 bridgehead atoms. The number of hydrogen-bond acceptors (Lipinski definition) is 6. The van der Waals surface area contributed by atoms with Crippen molar-refractivity contribution in [2.75, 3.05) is 0 Å². The highest BCUT2D eigenvalue weighted by atomic mass is 19.4. The highest BCUT2D eigenvalue weighted by Gasteiger charge is 2.63. The number of amides is 1. The van der Waals surface area contributed by atoms with Crippen LogP contribution in [0, 0.1) is 23.6 Å². The number of halogens is 4. The monoisotopic (exact) mass is 615 g/mol. The van der Waals surface area contributed by atoms with Crippen LogP contribution in [0.25, 0.3) is 22.3 Å². The maximum absolute atomic E-state index is 15.1. The number of ether oxygens (including phenoxy) is 1. The van der Waals surface area contributed by atoms with Gasteiger partial charge in [-0.3, -0.25) is 9.59 Å². The Morgan fingerprint density at radius 2 is 1.84 bits per heavy atom. The molecule has 0 unspecified atom stereocenters. The summed E-state index contributed by atoms with van der Waals surface area (Å²) in [5.74, 6) is -2.57. The summed E-state index contributed by atoms with van der Waals surface area (Å²) in [7, 11) is 0. The molecule has 2 aliphatic heterocycles. The molecule has 0 saturated carbocycles. The normalized spacial score (nSPS) is 22.2. The highest BCUT2D eigenvalue weighted by Crippen LogP contribution is 2.52. The first kappa shape index (κ1) is 30.2. The average Bonchev–Trinajstić information content (AvgIpc) is 3.31. The smallest absolute Gasteiger partial charge is 0.403 e. The van der Waals surface area contributed by atoms with Crippen LogP contribution in [-0.4, -0.2) is 32.7 Å². The lowest BCUT2D eigenvalue weighted by molar-refractivity contribution is -0.243. The Hall–Kier alpha value is -3.80. The van der Waals surface area contributed by atoms with Crippen molar-refractivity contribution < 1.29 is 37.0 Å². The molecule has 6 rings (SSSR count). The van der Waals surface area contributed by atoms with E-state index in [0.717, 1.165) is 6.92 Å². The summed E-state index contributed by atoms with van der Waals surface area (Å²) in [4.78, 5) is 44.7. The van der Waals surface area contributed by atoms with Gasteiger partial charge in [0.25, 0.3) is 5.56 Å². The molecule has 3 aromatic rings. The third kappa shape index (κ3) is 3.85. The SMILES string of the molecule is CC[C@@]1(O)C(=O)OCc2c1cc1n(c2=O)Cc2c-1nc1cc(F)c(C)c3c1c2[C@@H](NC(=O)[C@](C)(C(C)(C)C)C(F)(F)F)CC3. The van der Waals surface area contributed by atoms with E-state index in [4.69, 9.17) is 9.72 Å². The van der Waals surface area contributed by atoms with Crippen molar-refractivity contribution in [1.29, 1.82) is 0 Å². The van der Waals surface area contributed by atoms with E-state index in [2.05, 4.69) is 5.32 Å². The molecular weight excluding hydrogens is 582 g/mol. The summed E-state index contributed by atoms with van der Waals surface area (Å²) in [5, 5.41) is 14.4. The number of carbonyl (C=O) groups is 2. The fourth-order valence-corrected chi connectivity index (χ4v) is 6.90. The van der Waals surface area contributed by atoms with E-state index in [1.54, 1.807) is 13.8 Å². The number of aromatic nitrogens is 2. The van der Waals surface area contributed by atoms with Gasteiger partial charge < -0.3 is 19.7 Å². The van der Waals surface area contributed by atoms with Gasteiger partial charge >= 0.3 is 12.1 Å². The van der Waals surface area contributed by atoms with Gasteiger partial charge in [-0.25, -0.2) is 14.2 Å². The third-order valence-electron chi connectivity index (χ3n) is 10.2. The second kappa shape index (κ2) is 9.35. The number of pyridine rings is 2. The molecule has 2 aromatic heterocycles. The molecule has 8 nitrogen and oxygen atoms in total. The number of carbonyl (C=O) groups excluding carboxylic acids is 2. The standard InChI is InChI=1S/C32H33F4N3O5/c1-7-31(43)18-10-22-25-16(12-39(22)26(40)17(18)13-44-28(31)42)24-20(38-27(41)30(6,29(3,4)5)32(34,35)36)9-8-15-14(2)19(33)11-21(37-25)23(15)24/h10-11,20,43H,7-9,12-13H2,1-6H3,(H,38,41)/t20-,30+,31-/m0/s1. The number of rotatable bonds is 3. The van der Waals surface area contributed by atoms with Gasteiger partial charge in [-0.1, -0.05) is 27.7 Å². The highest BCUT2D eigenvalue weighted by molar-refractivity contribution is 5.94. The average molecular weight is 616 g/mol. The molecule has 3 atom stereocenters. The molecule has 1 aliphatic carbocycles. The molecular formula is C32H33F4N3O5. The van der Waals surface area contributed by atoms with Crippen LogP contribution >= 0.6 is 0 Å². The van der Waals surface area contributed by atoms with Crippen LogP contribution in [0.3, 0.4) is 0 Å². The molecule has 2 N–H and O–H groups in total. The van der Waals surface area contributed by atoms with Crippen LogP contribution in [-0.2, 0) is 39.5 Å². The van der Waals surface area contributed by atoms with Crippen molar-refractivity contribution >= 4 is 22.8 Å². The van der Waals surface area contributed by atoms with E-state index in [9.17, 15) is 32.7 Å². The minimum Gasteiger partial charge on any atom is -0.458 e. The first-order chi connectivity index (χ1) is 20.4. The van der Waals surface area contributed by atoms with Crippen molar-refractivity contribution in [3.05, 3.63) is 61.7 Å². The van der Waals surface area contributed by atoms with Crippen LogP contribution < -0.4 is 10.9 Å². The number of cyclic esters (lactones) is 1. The number of fused-ring (bicyclic) bond motifs is 5. The first-order valence-corrected chi connectivity index (χ1v) is 14.6. The number of benzene rings is 1. The van der Waals surface area contributed by atoms with Gasteiger partial charge in [0.05, 0.1) is 35.1 Å². The first-order valence-electron chi connectivity index (χ1n) is 14.6. The van der Waals surface area contributed by atoms with Crippen molar-refractivity contribution in [3.8, 4) is 11.4 Å². The molecule has 44 heavy (non-hydrogen) atoms. The molecule has 4 heterocycles. The van der Waals surface area contributed by atoms with Gasteiger partial charge in [0, 0.05) is 22.6 Å². The third-order valence-corrected chi connectivity index (χ3v) is 10.2. The second-order valence-electron chi connectivity index (χ2n) is 13.2. The van der Waals surface area contributed by atoms with E-state index >= 15 is 4.39 Å². The zero-order valence-corrected chi connectivity index (χ0v) is 25.3. The summed E-state index contributed by atoms with van der Waals surface area (Å²) in [6.07, 6.45) is -4.42. The Morgan fingerprint density at radius 3 is 2.45 bits per heavy atom. The summed E-state index contributed by atoms with van der Waals surface area (Å²) < 4.78 is 65.1. The lowest BCUT2D eigenvalue weighted by Crippen LogP contribution is -2.56. The summed E-state index contributed by atoms with van der Waals surface area (Å²) in [5.41, 5.74) is -3.77. The molecule has 1 aromatic carbocycles. The Balaban J connectivity index is 1.59. The molecule has 0 spiro atoms. The minimum atomic E-state index is -4.85. The molecule has 0 saturated heterocycles. The lowest BCUT2D eigenvalue weighted by Gasteiger charge is -2.42. The topological polar surface area (TPSA) is 111 Å². The fourth-order valence-electron chi connectivity index (χ4n) is 6.90. The van der Waals surface area contributed by atoms with Gasteiger partial charge in [0.2, 0.25) is 5.91 Å². The van der Waals surface area contributed by atoms with Gasteiger partial charge in [-0.05, 0) is 61.3 Å². The minimum absolute atomic E-state index is 0.0222. The lowest BCUT2D eigenvalue weighted by atomic mass is 9.66. The molecule has 1 amide bonds. The molecule has 0 fully saturated rings. The van der Waals surface area contributed by atoms with E-state index in [0.29, 0.717) is 34.1 Å². The van der Waals surface area contributed by atoms with Crippen LogP contribution in [0.1, 0.15) is 86.9 Å². The zero-order valence-electron chi connectivity index (χ0n) is 25.3. The maximum atomic E-state index is 15.1. The van der Waals surface area contributed by atoms with Crippen molar-refractivity contribution in [2.45, 2.75) is 91.8 Å². The van der Waals surface area contributed by atoms with Crippen molar-refractivity contribution in [1.82, 2.24) is 14.9 Å². The Labute approximate surface area is 250 Å². The number of nitrogens with one attached hydrogen (secondary N) is 1. The maximum Gasteiger partial charge on any atom is 0.403 e. The van der Waals surface area contributed by atoms with E-state index in [1.165, 1.54) is 37.5 Å². The van der Waals surface area contributed by atoms with Gasteiger partial charge in [0.1, 0.15) is 17.8 Å². The molecule has 234 valence electrons. The van der Waals surface area contributed by atoms with Gasteiger partial charge in [0.15, 0.2) is 5.60 Å². The van der Waals surface area contributed by atoms with Crippen molar-refractivity contribution in [2.24, 2.45) is 10.8 Å². The number of hydrogen-bond donors (Lipinski definition) is 2. The number of nitrogens with zero attached hydrogens (tertiary/aromatic N) is 2. The number of esters is 1. The summed E-state index contributed by atoms with van der Waals surface area (Å²) >= 11 is 0. The second-order valence-corrected chi connectivity index (χ2v) is 13.2. The quantitative estimate of drug-likeness (QED) is 0.241. The van der Waals surface area contributed by atoms with Crippen LogP contribution in [0.2, 0.25) is 0 Å². The predicted molar refractivity (Wildman–Crippen MR) is 152 cm³/mol. The van der Waals surface area contributed by atoms with Crippen LogP contribution in [0.4, 0.5) is 17.6 Å². The Bertz CT molecular complexity index is 1840. The number of aryl methyl sites for hydroxylation is 1. The van der Waals surface area contributed by atoms with E-state index in [-0.39, 0.29) is 54.0 Å². The number of alkyl halides is 3. The molecule has 0 radical (unpaired) electrons. The van der Waals surface area contributed by atoms with E-state index < -0.39 is 51.9 Å². The van der Waals surface area contributed by atoms with Crippen LogP contribution in [0.5, 0.6) is 0 Å². The summed E-state index contributed by atoms with van der Waals surface area (Å²) in [6, 6.07) is 1.87. The Morgan fingerprint density at radius 1 is 1.16 bits per heavy atom. The fraction of sp³-hybridized carbons (Fsp3) is 0.500.